The third-order valence-corrected chi connectivity index (χ3v) is 7.48. The van der Waals surface area contributed by atoms with E-state index in [4.69, 9.17) is 14.2 Å². The molecule has 0 saturated carbocycles. The van der Waals surface area contributed by atoms with Gasteiger partial charge in [0.15, 0.2) is 23.0 Å². The van der Waals surface area contributed by atoms with Crippen LogP contribution < -0.4 is 14.2 Å². The Labute approximate surface area is 190 Å². The second-order valence-electron chi connectivity index (χ2n) is 9.12. The second kappa shape index (κ2) is 8.83. The van der Waals surface area contributed by atoms with E-state index >= 15 is 0 Å². The maximum atomic E-state index is 10.6. The van der Waals surface area contributed by atoms with Crippen molar-refractivity contribution < 1.29 is 19.3 Å². The minimum atomic E-state index is 0.154. The molecule has 172 valence electrons. The number of likely N-dealkylation sites (tertiary alicyclic amines) is 1. The summed E-state index contributed by atoms with van der Waals surface area (Å²) in [6.07, 6.45) is 5.90. The topological polar surface area (TPSA) is 54.4 Å². The fourth-order valence-corrected chi connectivity index (χ4v) is 5.92. The minimum Gasteiger partial charge on any atom is -0.504 e. The molecule has 1 unspecified atom stereocenters. The predicted octanol–water partition coefficient (Wildman–Crippen LogP) is 4.03. The number of benzene rings is 2. The van der Waals surface area contributed by atoms with Crippen LogP contribution in [0.15, 0.2) is 18.2 Å². The highest BCUT2D eigenvalue weighted by atomic mass is 16.5. The van der Waals surface area contributed by atoms with Crippen LogP contribution in [0.4, 0.5) is 0 Å². The van der Waals surface area contributed by atoms with Gasteiger partial charge in [0.2, 0.25) is 0 Å². The molecule has 32 heavy (non-hydrogen) atoms. The van der Waals surface area contributed by atoms with Crippen LogP contribution in [0.3, 0.4) is 0 Å². The van der Waals surface area contributed by atoms with Gasteiger partial charge in [-0.25, -0.2) is 0 Å². The average Bonchev–Trinajstić information content (AvgIpc) is 2.83. The van der Waals surface area contributed by atoms with Crippen LogP contribution in [0, 0.1) is 0 Å². The minimum absolute atomic E-state index is 0.154. The number of phenolic OH excluding ortho intramolecular Hbond substituents is 1. The number of aromatic hydroxyl groups is 1. The van der Waals surface area contributed by atoms with E-state index in [0.29, 0.717) is 11.8 Å². The summed E-state index contributed by atoms with van der Waals surface area (Å²) in [4.78, 5) is 5.26. The summed E-state index contributed by atoms with van der Waals surface area (Å²) in [5, 5.41) is 10.6. The zero-order chi connectivity index (χ0) is 22.2. The van der Waals surface area contributed by atoms with Crippen LogP contribution in [0.25, 0.3) is 11.1 Å². The van der Waals surface area contributed by atoms with Gasteiger partial charge in [0, 0.05) is 36.8 Å². The summed E-state index contributed by atoms with van der Waals surface area (Å²) in [6.45, 7) is 5.70. The lowest BCUT2D eigenvalue weighted by Crippen LogP contribution is -2.43. The highest BCUT2D eigenvalue weighted by molar-refractivity contribution is 5.88. The number of rotatable bonds is 6. The Balaban J connectivity index is 1.60. The van der Waals surface area contributed by atoms with Crippen LogP contribution in [-0.4, -0.2) is 69.0 Å². The molecular weight excluding hydrogens is 404 g/mol. The van der Waals surface area contributed by atoms with Crippen molar-refractivity contribution >= 4 is 0 Å². The van der Waals surface area contributed by atoms with Crippen LogP contribution >= 0.6 is 0 Å². The third kappa shape index (κ3) is 3.50. The number of fused-ring (bicyclic) bond motifs is 2. The first-order chi connectivity index (χ1) is 15.7. The monoisotopic (exact) mass is 438 g/mol. The van der Waals surface area contributed by atoms with Gasteiger partial charge in [0.1, 0.15) is 0 Å². The smallest absolute Gasteiger partial charge is 0.169 e. The lowest BCUT2D eigenvalue weighted by atomic mass is 9.76. The number of nitrogens with zero attached hydrogens (tertiary/aromatic N) is 2. The van der Waals surface area contributed by atoms with Gasteiger partial charge >= 0.3 is 0 Å². The predicted molar refractivity (Wildman–Crippen MR) is 125 cm³/mol. The SMILES string of the molecule is COc1cc2c3c(c1OC)-c1c(ccc(O)c1OC)CC3N(CCN1CCCCC1)CC2. The molecule has 2 aromatic rings. The molecule has 2 aliphatic heterocycles. The Bertz CT molecular complexity index is 1000. The van der Waals surface area contributed by atoms with Gasteiger partial charge in [0.25, 0.3) is 0 Å². The fraction of sp³-hybridized carbons (Fsp3) is 0.538. The lowest BCUT2D eigenvalue weighted by Gasteiger charge is -2.43. The summed E-state index contributed by atoms with van der Waals surface area (Å²) in [6, 6.07) is 6.22. The molecule has 0 spiro atoms. The van der Waals surface area contributed by atoms with Crippen molar-refractivity contribution in [3.63, 3.8) is 0 Å². The average molecular weight is 439 g/mol. The normalized spacial score (nSPS) is 20.4. The van der Waals surface area contributed by atoms with E-state index in [1.54, 1.807) is 27.4 Å². The fourth-order valence-electron chi connectivity index (χ4n) is 5.92. The molecule has 1 aliphatic carbocycles. The molecule has 5 rings (SSSR count). The first-order valence-corrected chi connectivity index (χ1v) is 11.8. The molecule has 6 nitrogen and oxygen atoms in total. The van der Waals surface area contributed by atoms with E-state index in [9.17, 15) is 5.11 Å². The largest absolute Gasteiger partial charge is 0.504 e. The molecule has 1 fully saturated rings. The van der Waals surface area contributed by atoms with Gasteiger partial charge in [-0.2, -0.15) is 0 Å². The van der Waals surface area contributed by atoms with Gasteiger partial charge in [-0.15, -0.1) is 0 Å². The summed E-state index contributed by atoms with van der Waals surface area (Å²) in [5.41, 5.74) is 5.76. The van der Waals surface area contributed by atoms with E-state index in [1.165, 1.54) is 49.0 Å². The molecule has 6 heteroatoms. The molecule has 2 aromatic carbocycles. The number of piperidine rings is 1. The van der Waals surface area contributed by atoms with Crippen LogP contribution in [-0.2, 0) is 12.8 Å². The van der Waals surface area contributed by atoms with E-state index in [0.717, 1.165) is 55.1 Å². The van der Waals surface area contributed by atoms with Crippen molar-refractivity contribution in [2.24, 2.45) is 0 Å². The highest BCUT2D eigenvalue weighted by Gasteiger charge is 2.39. The van der Waals surface area contributed by atoms with E-state index in [1.807, 2.05) is 6.07 Å². The van der Waals surface area contributed by atoms with Crippen molar-refractivity contribution in [3.8, 4) is 34.1 Å². The van der Waals surface area contributed by atoms with E-state index in [2.05, 4.69) is 15.9 Å². The number of methoxy groups -OCH3 is 3. The maximum Gasteiger partial charge on any atom is 0.169 e. The molecule has 0 aromatic heterocycles. The van der Waals surface area contributed by atoms with Crippen LogP contribution in [0.5, 0.6) is 23.0 Å². The Morgan fingerprint density at radius 3 is 2.38 bits per heavy atom. The number of hydrogen-bond donors (Lipinski definition) is 1. The molecule has 3 aliphatic rings. The van der Waals surface area contributed by atoms with Crippen molar-refractivity contribution in [2.45, 2.75) is 38.1 Å². The Morgan fingerprint density at radius 1 is 0.875 bits per heavy atom. The van der Waals surface area contributed by atoms with Crippen LogP contribution in [0.2, 0.25) is 0 Å². The first-order valence-electron chi connectivity index (χ1n) is 11.8. The summed E-state index contributed by atoms with van der Waals surface area (Å²) in [7, 11) is 4.99. The molecular formula is C26H34N2O4. The van der Waals surface area contributed by atoms with Gasteiger partial charge in [-0.05, 0) is 67.6 Å². The highest BCUT2D eigenvalue weighted by Crippen LogP contribution is 2.56. The quantitative estimate of drug-likeness (QED) is 0.735. The molecule has 0 amide bonds. The van der Waals surface area contributed by atoms with Crippen molar-refractivity contribution in [1.29, 1.82) is 0 Å². The molecule has 0 radical (unpaired) electrons. The van der Waals surface area contributed by atoms with Gasteiger partial charge < -0.3 is 24.2 Å². The van der Waals surface area contributed by atoms with E-state index < -0.39 is 0 Å². The number of ether oxygens (including phenoxy) is 3. The summed E-state index contributed by atoms with van der Waals surface area (Å²) in [5.74, 6) is 2.13. The number of hydrogen-bond acceptors (Lipinski definition) is 6. The zero-order valence-electron chi connectivity index (χ0n) is 19.4. The lowest BCUT2D eigenvalue weighted by molar-refractivity contribution is 0.139. The zero-order valence-corrected chi connectivity index (χ0v) is 19.4. The Morgan fingerprint density at radius 2 is 1.66 bits per heavy atom. The van der Waals surface area contributed by atoms with Crippen molar-refractivity contribution in [1.82, 2.24) is 9.80 Å². The van der Waals surface area contributed by atoms with Crippen LogP contribution in [0.1, 0.15) is 42.0 Å². The van der Waals surface area contributed by atoms with Gasteiger partial charge in [0.05, 0.1) is 21.3 Å². The second-order valence-corrected chi connectivity index (χ2v) is 9.12. The molecule has 1 saturated heterocycles. The molecule has 1 N–H and O–H groups in total. The number of phenols is 1. The Kier molecular flexibility index (Phi) is 5.91. The standard InChI is InChI=1S/C26H34N2O4/c1-30-21-16-18-9-12-28(14-13-27-10-5-4-6-11-27)19-15-17-7-8-20(29)25(31-2)23(17)24(22(18)19)26(21)32-3/h7-8,16,19,29H,4-6,9-15H2,1-3H3. The molecule has 0 bridgehead atoms. The van der Waals surface area contributed by atoms with Crippen molar-refractivity contribution in [2.75, 3.05) is 54.1 Å². The maximum absolute atomic E-state index is 10.6. The van der Waals surface area contributed by atoms with Gasteiger partial charge in [-0.3, -0.25) is 4.90 Å². The summed E-state index contributed by atoms with van der Waals surface area (Å²) < 4.78 is 17.3. The first kappa shape index (κ1) is 21.4. The third-order valence-electron chi connectivity index (χ3n) is 7.48. The van der Waals surface area contributed by atoms with Crippen molar-refractivity contribution in [3.05, 3.63) is 34.9 Å². The molecule has 2 heterocycles. The summed E-state index contributed by atoms with van der Waals surface area (Å²) >= 11 is 0. The van der Waals surface area contributed by atoms with Gasteiger partial charge in [-0.1, -0.05) is 12.5 Å². The molecule has 1 atom stereocenters. The Hall–Kier alpha value is -2.44. The van der Waals surface area contributed by atoms with E-state index in [-0.39, 0.29) is 5.75 Å².